The number of imidazole rings is 1. The Morgan fingerprint density at radius 1 is 1.35 bits per heavy atom. The molecule has 0 bridgehead atoms. The van der Waals surface area contributed by atoms with E-state index in [9.17, 15) is 4.79 Å². The third kappa shape index (κ3) is 3.79. The van der Waals surface area contributed by atoms with Gasteiger partial charge in [-0.2, -0.15) is 5.10 Å². The number of benzene rings is 1. The zero-order chi connectivity index (χ0) is 17.0. The molecular formula is C15H19N5O3. The second-order valence-corrected chi connectivity index (χ2v) is 4.81. The number of amides is 1. The molecule has 0 atom stereocenters. The zero-order valence-electron chi connectivity index (χ0n) is 13.5. The summed E-state index contributed by atoms with van der Waals surface area (Å²) in [5.41, 5.74) is 7.70. The molecular weight excluding hydrogens is 298 g/mol. The summed E-state index contributed by atoms with van der Waals surface area (Å²) in [5.74, 6) is 1.11. The first-order valence-corrected chi connectivity index (χ1v) is 6.84. The molecule has 8 heteroatoms. The highest BCUT2D eigenvalue weighted by Crippen LogP contribution is 2.32. The Kier molecular flexibility index (Phi) is 4.85. The van der Waals surface area contributed by atoms with E-state index in [1.807, 2.05) is 6.92 Å². The highest BCUT2D eigenvalue weighted by atomic mass is 16.5. The van der Waals surface area contributed by atoms with E-state index in [1.54, 1.807) is 24.5 Å². The first-order valence-electron chi connectivity index (χ1n) is 6.84. The van der Waals surface area contributed by atoms with Gasteiger partial charge in [0.25, 0.3) is 0 Å². The van der Waals surface area contributed by atoms with Crippen LogP contribution >= 0.6 is 0 Å². The SMILES string of the molecule is COc1cc(C=Nn2cc(C)nc2N)c(NC(C)=O)cc1OC. The number of aryl methyl sites for hydroxylation is 1. The summed E-state index contributed by atoms with van der Waals surface area (Å²) in [6.07, 6.45) is 3.26. The van der Waals surface area contributed by atoms with Gasteiger partial charge in [-0.25, -0.2) is 9.66 Å². The molecule has 0 spiro atoms. The normalized spacial score (nSPS) is 10.8. The number of methoxy groups -OCH3 is 2. The highest BCUT2D eigenvalue weighted by molar-refractivity contribution is 5.97. The maximum absolute atomic E-state index is 11.4. The van der Waals surface area contributed by atoms with Crippen LogP contribution in [0, 0.1) is 6.92 Å². The van der Waals surface area contributed by atoms with Crippen LogP contribution in [0.4, 0.5) is 11.6 Å². The van der Waals surface area contributed by atoms with E-state index in [1.165, 1.54) is 25.8 Å². The smallest absolute Gasteiger partial charge is 0.221 e. The third-order valence-corrected chi connectivity index (χ3v) is 3.02. The molecule has 0 aliphatic rings. The minimum Gasteiger partial charge on any atom is -0.493 e. The molecule has 8 nitrogen and oxygen atoms in total. The third-order valence-electron chi connectivity index (χ3n) is 3.02. The Morgan fingerprint density at radius 2 is 2.00 bits per heavy atom. The predicted octanol–water partition coefficient (Wildman–Crippen LogP) is 1.63. The van der Waals surface area contributed by atoms with Crippen LogP contribution in [-0.4, -0.2) is 36.0 Å². The molecule has 3 N–H and O–H groups in total. The van der Waals surface area contributed by atoms with Crippen LogP contribution in [0.3, 0.4) is 0 Å². The van der Waals surface area contributed by atoms with E-state index in [0.717, 1.165) is 5.69 Å². The number of nitrogens with zero attached hydrogens (tertiary/aromatic N) is 3. The summed E-state index contributed by atoms with van der Waals surface area (Å²) < 4.78 is 12.0. The van der Waals surface area contributed by atoms with Crippen molar-refractivity contribution in [1.82, 2.24) is 9.66 Å². The first-order chi connectivity index (χ1) is 10.9. The van der Waals surface area contributed by atoms with E-state index in [0.29, 0.717) is 22.7 Å². The van der Waals surface area contributed by atoms with E-state index in [4.69, 9.17) is 15.2 Å². The fraction of sp³-hybridized carbons (Fsp3) is 0.267. The van der Waals surface area contributed by atoms with Crippen LogP contribution in [0.1, 0.15) is 18.2 Å². The zero-order valence-corrected chi connectivity index (χ0v) is 13.5. The number of ether oxygens (including phenoxy) is 2. The predicted molar refractivity (Wildman–Crippen MR) is 88.2 cm³/mol. The molecule has 0 unspecified atom stereocenters. The van der Waals surface area contributed by atoms with Crippen LogP contribution < -0.4 is 20.5 Å². The summed E-state index contributed by atoms with van der Waals surface area (Å²) in [7, 11) is 3.06. The van der Waals surface area contributed by atoms with Crippen molar-refractivity contribution >= 4 is 23.8 Å². The van der Waals surface area contributed by atoms with Gasteiger partial charge in [-0.05, 0) is 13.0 Å². The molecule has 2 rings (SSSR count). The Labute approximate surface area is 133 Å². The number of anilines is 2. The molecule has 2 aromatic rings. The van der Waals surface area contributed by atoms with Gasteiger partial charge in [0.2, 0.25) is 11.9 Å². The standard InChI is InChI=1S/C15H19N5O3/c1-9-8-20(15(16)18-9)17-7-11-5-13(22-3)14(23-4)6-12(11)19-10(2)21/h5-8H,1-4H3,(H2,16,18)(H,19,21). The number of carbonyl (C=O) groups is 1. The molecule has 122 valence electrons. The van der Waals surface area contributed by atoms with Gasteiger partial charge in [-0.3, -0.25) is 4.79 Å². The lowest BCUT2D eigenvalue weighted by Crippen LogP contribution is -2.09. The van der Waals surface area contributed by atoms with Crippen LogP contribution in [0.2, 0.25) is 0 Å². The molecule has 0 aliphatic carbocycles. The van der Waals surface area contributed by atoms with Crippen LogP contribution in [-0.2, 0) is 4.79 Å². The number of hydrogen-bond donors (Lipinski definition) is 2. The van der Waals surface area contributed by atoms with Gasteiger partial charge in [0, 0.05) is 18.6 Å². The summed E-state index contributed by atoms with van der Waals surface area (Å²) in [4.78, 5) is 15.5. The van der Waals surface area contributed by atoms with Gasteiger partial charge >= 0.3 is 0 Å². The number of nitrogen functional groups attached to an aromatic ring is 1. The van der Waals surface area contributed by atoms with Gasteiger partial charge in [0.05, 0.1) is 38.0 Å². The lowest BCUT2D eigenvalue weighted by atomic mass is 10.1. The molecule has 1 aromatic heterocycles. The molecule has 0 fully saturated rings. The van der Waals surface area contributed by atoms with Crippen LogP contribution in [0.25, 0.3) is 0 Å². The lowest BCUT2D eigenvalue weighted by Gasteiger charge is -2.13. The van der Waals surface area contributed by atoms with Crippen molar-refractivity contribution in [1.29, 1.82) is 0 Å². The van der Waals surface area contributed by atoms with Gasteiger partial charge in [-0.1, -0.05) is 0 Å². The number of hydrogen-bond acceptors (Lipinski definition) is 6. The molecule has 1 heterocycles. The van der Waals surface area contributed by atoms with Crippen LogP contribution in [0.15, 0.2) is 23.4 Å². The van der Waals surface area contributed by atoms with Gasteiger partial charge in [0.1, 0.15) is 0 Å². The van der Waals surface area contributed by atoms with Crippen molar-refractivity contribution in [2.45, 2.75) is 13.8 Å². The highest BCUT2D eigenvalue weighted by Gasteiger charge is 2.11. The quantitative estimate of drug-likeness (QED) is 0.816. The Bertz CT molecular complexity index is 752. The average molecular weight is 317 g/mol. The topological polar surface area (TPSA) is 104 Å². The monoisotopic (exact) mass is 317 g/mol. The number of carbonyl (C=O) groups excluding carboxylic acids is 1. The molecule has 1 amide bonds. The van der Waals surface area contributed by atoms with Crippen molar-refractivity contribution in [2.24, 2.45) is 5.10 Å². The first kappa shape index (κ1) is 16.3. The van der Waals surface area contributed by atoms with Crippen molar-refractivity contribution in [2.75, 3.05) is 25.3 Å². The van der Waals surface area contributed by atoms with E-state index < -0.39 is 0 Å². The van der Waals surface area contributed by atoms with E-state index >= 15 is 0 Å². The van der Waals surface area contributed by atoms with E-state index in [2.05, 4.69) is 15.4 Å². The Morgan fingerprint density at radius 3 is 2.52 bits per heavy atom. The summed E-state index contributed by atoms with van der Waals surface area (Å²) in [6.45, 7) is 3.25. The maximum Gasteiger partial charge on any atom is 0.221 e. The van der Waals surface area contributed by atoms with Crippen molar-refractivity contribution in [3.05, 3.63) is 29.6 Å². The fourth-order valence-corrected chi connectivity index (χ4v) is 2.02. The summed E-state index contributed by atoms with van der Waals surface area (Å²) in [5, 5.41) is 6.99. The van der Waals surface area contributed by atoms with E-state index in [-0.39, 0.29) is 11.9 Å². The van der Waals surface area contributed by atoms with Gasteiger partial charge < -0.3 is 20.5 Å². The minimum atomic E-state index is -0.204. The molecule has 0 aliphatic heterocycles. The average Bonchev–Trinajstić information content (AvgIpc) is 2.82. The molecule has 0 radical (unpaired) electrons. The number of nitrogens with one attached hydrogen (secondary N) is 1. The summed E-state index contributed by atoms with van der Waals surface area (Å²) >= 11 is 0. The molecule has 0 saturated heterocycles. The van der Waals surface area contributed by atoms with Crippen molar-refractivity contribution in [3.8, 4) is 11.5 Å². The maximum atomic E-state index is 11.4. The largest absolute Gasteiger partial charge is 0.493 e. The van der Waals surface area contributed by atoms with Crippen molar-refractivity contribution < 1.29 is 14.3 Å². The second-order valence-electron chi connectivity index (χ2n) is 4.81. The minimum absolute atomic E-state index is 0.204. The fourth-order valence-electron chi connectivity index (χ4n) is 2.02. The van der Waals surface area contributed by atoms with Crippen LogP contribution in [0.5, 0.6) is 11.5 Å². The molecule has 1 aromatic carbocycles. The van der Waals surface area contributed by atoms with Crippen molar-refractivity contribution in [3.63, 3.8) is 0 Å². The van der Waals surface area contributed by atoms with Gasteiger partial charge in [-0.15, -0.1) is 0 Å². The number of rotatable bonds is 5. The Hall–Kier alpha value is -3.03. The number of aromatic nitrogens is 2. The van der Waals surface area contributed by atoms with Gasteiger partial charge in [0.15, 0.2) is 11.5 Å². The number of nitrogens with two attached hydrogens (primary N) is 1. The summed E-state index contributed by atoms with van der Waals surface area (Å²) in [6, 6.07) is 3.39. The Balaban J connectivity index is 2.45. The molecule has 23 heavy (non-hydrogen) atoms. The molecule has 0 saturated carbocycles. The second kappa shape index (κ2) is 6.82. The lowest BCUT2D eigenvalue weighted by molar-refractivity contribution is -0.114.